The second-order valence-corrected chi connectivity index (χ2v) is 2.80. The molecule has 1 aromatic carbocycles. The van der Waals surface area contributed by atoms with E-state index in [1.807, 2.05) is 24.3 Å². The summed E-state index contributed by atoms with van der Waals surface area (Å²) in [5.74, 6) is 0.0428. The summed E-state index contributed by atoms with van der Waals surface area (Å²) in [6, 6.07) is 7.39. The first-order valence-corrected chi connectivity index (χ1v) is 3.99. The van der Waals surface area contributed by atoms with Crippen molar-refractivity contribution < 1.29 is 10.2 Å². The average molecular weight is 212 g/mol. The number of aliphatic hydroxyl groups is 1. The topological polar surface area (TPSA) is 53.4 Å². The fourth-order valence-corrected chi connectivity index (χ4v) is 1.35. The van der Waals surface area contributed by atoms with Crippen molar-refractivity contribution in [2.45, 2.75) is 6.61 Å². The molecule has 0 aliphatic carbocycles. The van der Waals surface area contributed by atoms with Gasteiger partial charge in [0.1, 0.15) is 5.75 Å². The fourth-order valence-electron chi connectivity index (χ4n) is 1.35. The molecule has 0 amide bonds. The van der Waals surface area contributed by atoms with Gasteiger partial charge in [0.25, 0.3) is 0 Å². The van der Waals surface area contributed by atoms with Gasteiger partial charge >= 0.3 is 0 Å². The van der Waals surface area contributed by atoms with Crippen LogP contribution in [0.15, 0.2) is 30.5 Å². The number of para-hydroxylation sites is 1. The Kier molecular flexibility index (Phi) is 3.28. The zero-order chi connectivity index (χ0) is 9.26. The molecule has 0 bridgehead atoms. The van der Waals surface area contributed by atoms with Crippen LogP contribution in [0.4, 0.5) is 0 Å². The van der Waals surface area contributed by atoms with Gasteiger partial charge in [-0.2, -0.15) is 0 Å². The molecular weight excluding hydrogens is 202 g/mol. The number of benzene rings is 1. The summed E-state index contributed by atoms with van der Waals surface area (Å²) >= 11 is 0. The van der Waals surface area contributed by atoms with Gasteiger partial charge in [-0.05, 0) is 6.07 Å². The van der Waals surface area contributed by atoms with Gasteiger partial charge in [-0.3, -0.25) is 4.98 Å². The summed E-state index contributed by atoms with van der Waals surface area (Å²) in [5.41, 5.74) is 1.31. The fraction of sp³-hybridized carbons (Fsp3) is 0.100. The van der Waals surface area contributed by atoms with Crippen LogP contribution >= 0.6 is 12.4 Å². The maximum absolute atomic E-state index is 9.39. The van der Waals surface area contributed by atoms with Crippen molar-refractivity contribution in [3.63, 3.8) is 0 Å². The Morgan fingerprint density at radius 1 is 1.21 bits per heavy atom. The molecule has 3 nitrogen and oxygen atoms in total. The number of aromatic hydroxyl groups is 1. The molecule has 74 valence electrons. The normalized spacial score (nSPS) is 9.79. The lowest BCUT2D eigenvalue weighted by Crippen LogP contribution is -1.88. The number of rotatable bonds is 1. The van der Waals surface area contributed by atoms with Crippen molar-refractivity contribution in [2.24, 2.45) is 0 Å². The van der Waals surface area contributed by atoms with Crippen molar-refractivity contribution in [1.82, 2.24) is 4.98 Å². The zero-order valence-electron chi connectivity index (χ0n) is 7.34. The number of pyridine rings is 1. The third kappa shape index (κ3) is 1.64. The van der Waals surface area contributed by atoms with Crippen LogP contribution < -0.4 is 0 Å². The number of aliphatic hydroxyl groups excluding tert-OH is 1. The van der Waals surface area contributed by atoms with E-state index in [-0.39, 0.29) is 24.8 Å². The third-order valence-corrected chi connectivity index (χ3v) is 2.02. The van der Waals surface area contributed by atoms with Crippen molar-refractivity contribution >= 4 is 23.3 Å². The molecule has 0 unspecified atom stereocenters. The van der Waals surface area contributed by atoms with E-state index >= 15 is 0 Å². The monoisotopic (exact) mass is 211 g/mol. The molecule has 0 fully saturated rings. The molecule has 0 radical (unpaired) electrons. The molecule has 2 N–H and O–H groups in total. The minimum absolute atomic E-state index is 0. The van der Waals surface area contributed by atoms with Crippen LogP contribution in [0.2, 0.25) is 0 Å². The summed E-state index contributed by atoms with van der Waals surface area (Å²) in [5, 5.41) is 19.2. The number of nitrogens with zero attached hydrogens (tertiary/aromatic N) is 1. The van der Waals surface area contributed by atoms with Gasteiger partial charge in [-0.15, -0.1) is 12.4 Å². The van der Waals surface area contributed by atoms with E-state index in [0.717, 1.165) is 10.9 Å². The first kappa shape index (κ1) is 10.8. The molecule has 0 aliphatic rings. The Labute approximate surface area is 87.4 Å². The van der Waals surface area contributed by atoms with Crippen LogP contribution in [0, 0.1) is 0 Å². The molecule has 2 aromatic rings. The molecule has 0 spiro atoms. The van der Waals surface area contributed by atoms with E-state index in [9.17, 15) is 5.11 Å². The lowest BCUT2D eigenvalue weighted by atomic mass is 10.1. The van der Waals surface area contributed by atoms with Gasteiger partial charge in [0.05, 0.1) is 18.3 Å². The Balaban J connectivity index is 0.000000980. The summed E-state index contributed by atoms with van der Waals surface area (Å²) in [6.07, 6.45) is 1.36. The minimum atomic E-state index is -0.172. The van der Waals surface area contributed by atoms with Gasteiger partial charge in [-0.25, -0.2) is 0 Å². The van der Waals surface area contributed by atoms with Crippen molar-refractivity contribution in [1.29, 1.82) is 0 Å². The highest BCUT2D eigenvalue weighted by molar-refractivity contribution is 5.85. The largest absolute Gasteiger partial charge is 0.506 e. The Morgan fingerprint density at radius 2 is 1.93 bits per heavy atom. The number of aromatic nitrogens is 1. The molecule has 1 aromatic heterocycles. The minimum Gasteiger partial charge on any atom is -0.506 e. The molecule has 2 rings (SSSR count). The molecule has 0 atom stereocenters. The van der Waals surface area contributed by atoms with Crippen LogP contribution in [0.5, 0.6) is 5.75 Å². The van der Waals surface area contributed by atoms with Crippen LogP contribution in [0.25, 0.3) is 10.9 Å². The second-order valence-electron chi connectivity index (χ2n) is 2.80. The van der Waals surface area contributed by atoms with Crippen molar-refractivity contribution in [2.75, 3.05) is 0 Å². The molecular formula is C10H10ClNO2. The van der Waals surface area contributed by atoms with E-state index < -0.39 is 0 Å². The Morgan fingerprint density at radius 3 is 2.64 bits per heavy atom. The van der Waals surface area contributed by atoms with E-state index in [0.29, 0.717) is 5.56 Å². The van der Waals surface area contributed by atoms with Gasteiger partial charge in [0.15, 0.2) is 0 Å². The van der Waals surface area contributed by atoms with Crippen LogP contribution in [0.3, 0.4) is 0 Å². The predicted octanol–water partition coefficient (Wildman–Crippen LogP) is 1.85. The molecule has 14 heavy (non-hydrogen) atoms. The Hall–Kier alpha value is -1.32. The molecule has 0 aliphatic heterocycles. The highest BCUT2D eigenvalue weighted by Crippen LogP contribution is 2.24. The van der Waals surface area contributed by atoms with E-state index in [2.05, 4.69) is 4.98 Å². The second kappa shape index (κ2) is 4.26. The highest BCUT2D eigenvalue weighted by Gasteiger charge is 2.05. The number of fused-ring (bicyclic) bond motifs is 1. The number of halogens is 1. The average Bonchev–Trinajstić information content (AvgIpc) is 2.18. The predicted molar refractivity (Wildman–Crippen MR) is 56.6 cm³/mol. The highest BCUT2D eigenvalue weighted by atomic mass is 35.5. The van der Waals surface area contributed by atoms with Crippen LogP contribution in [0.1, 0.15) is 5.56 Å². The lowest BCUT2D eigenvalue weighted by Gasteiger charge is -2.04. The Bertz CT molecular complexity index is 445. The number of hydrogen-bond acceptors (Lipinski definition) is 3. The molecule has 4 heteroatoms. The van der Waals surface area contributed by atoms with Gasteiger partial charge < -0.3 is 10.2 Å². The zero-order valence-corrected chi connectivity index (χ0v) is 8.16. The smallest absolute Gasteiger partial charge is 0.140 e. The first-order chi connectivity index (χ1) is 6.33. The van der Waals surface area contributed by atoms with E-state index in [1.54, 1.807) is 0 Å². The van der Waals surface area contributed by atoms with Gasteiger partial charge in [0, 0.05) is 10.9 Å². The summed E-state index contributed by atoms with van der Waals surface area (Å²) in [7, 11) is 0. The third-order valence-electron chi connectivity index (χ3n) is 2.02. The van der Waals surface area contributed by atoms with E-state index in [1.165, 1.54) is 6.20 Å². The summed E-state index contributed by atoms with van der Waals surface area (Å²) < 4.78 is 0. The van der Waals surface area contributed by atoms with Crippen molar-refractivity contribution in [3.05, 3.63) is 36.0 Å². The molecule has 0 saturated carbocycles. The van der Waals surface area contributed by atoms with Crippen LogP contribution in [-0.2, 0) is 6.61 Å². The lowest BCUT2D eigenvalue weighted by molar-refractivity contribution is 0.277. The summed E-state index contributed by atoms with van der Waals surface area (Å²) in [4.78, 5) is 4.03. The summed E-state index contributed by atoms with van der Waals surface area (Å²) in [6.45, 7) is -0.172. The first-order valence-electron chi connectivity index (χ1n) is 3.99. The molecule has 1 heterocycles. The van der Waals surface area contributed by atoms with Gasteiger partial charge in [0.2, 0.25) is 0 Å². The standard InChI is InChI=1S/C10H9NO2.ClH/c12-6-8-7-3-1-2-4-9(7)11-5-10(8)13;/h1-5,12-13H,6H2;1H. The van der Waals surface area contributed by atoms with Crippen molar-refractivity contribution in [3.8, 4) is 5.75 Å². The molecule has 0 saturated heterocycles. The van der Waals surface area contributed by atoms with E-state index in [4.69, 9.17) is 5.11 Å². The van der Waals surface area contributed by atoms with Gasteiger partial charge in [-0.1, -0.05) is 18.2 Å². The van der Waals surface area contributed by atoms with Crippen LogP contribution in [-0.4, -0.2) is 15.2 Å². The SMILES string of the molecule is Cl.OCc1c(O)cnc2ccccc12. The maximum Gasteiger partial charge on any atom is 0.140 e. The quantitative estimate of drug-likeness (QED) is 0.757. The maximum atomic E-state index is 9.39. The number of hydrogen-bond donors (Lipinski definition) is 2.